The Morgan fingerprint density at radius 1 is 0.699 bits per heavy atom. The Labute approximate surface area is 427 Å². The Morgan fingerprint density at radius 2 is 1.25 bits per heavy atom. The molecule has 0 aromatic heterocycles. The number of nitrogens with zero attached hydrogens (tertiary/aromatic N) is 2. The average Bonchev–Trinajstić information content (AvgIpc) is 3.57. The molecule has 0 spiro atoms. The van der Waals surface area contributed by atoms with Crippen molar-refractivity contribution in [3.63, 3.8) is 0 Å². The highest BCUT2D eigenvalue weighted by atomic mass is 32.2. The molecular weight excluding hydrogens is 1090 g/mol. The van der Waals surface area contributed by atoms with Gasteiger partial charge in [0.25, 0.3) is 30.4 Å². The summed E-state index contributed by atoms with van der Waals surface area (Å²) in [4.78, 5) is 41.3. The molecule has 73 heavy (non-hydrogen) atoms. The van der Waals surface area contributed by atoms with Gasteiger partial charge in [-0.2, -0.15) is 29.8 Å². The number of benzene rings is 2. The van der Waals surface area contributed by atoms with Crippen LogP contribution >= 0.6 is 0 Å². The van der Waals surface area contributed by atoms with Crippen molar-refractivity contribution in [2.75, 3.05) is 41.9 Å². The number of Topliss-reactive ketones (excluding diaryl/α,β-unsaturated/α-hetero) is 2. The quantitative estimate of drug-likeness (QED) is 0.0356. The summed E-state index contributed by atoms with van der Waals surface area (Å²) < 4.78 is 192. The van der Waals surface area contributed by atoms with Crippen LogP contribution in [-0.4, -0.2) is 142 Å². The van der Waals surface area contributed by atoms with E-state index in [-0.39, 0.29) is 73.6 Å². The number of anilines is 1. The maximum absolute atomic E-state index is 13.7. The van der Waals surface area contributed by atoms with Crippen LogP contribution in [0.25, 0.3) is 0 Å². The third kappa shape index (κ3) is 19.2. The first-order chi connectivity index (χ1) is 33.4. The van der Waals surface area contributed by atoms with Gasteiger partial charge in [-0.1, -0.05) is 45.9 Å². The van der Waals surface area contributed by atoms with E-state index in [0.29, 0.717) is 46.6 Å². The molecule has 2 heterocycles. The molecule has 0 amide bonds. The Morgan fingerprint density at radius 3 is 1.77 bits per heavy atom. The zero-order valence-corrected chi connectivity index (χ0v) is 45.2. The van der Waals surface area contributed by atoms with Crippen LogP contribution in [0.15, 0.2) is 65.2 Å². The monoisotopic (exact) mass is 1140 g/mol. The predicted octanol–water partition coefficient (Wildman–Crippen LogP) is 3.71. The van der Waals surface area contributed by atoms with E-state index in [9.17, 15) is 61.7 Å². The Balaban J connectivity index is 0.00000212. The molecule has 0 fully saturated rings. The summed E-state index contributed by atoms with van der Waals surface area (Å²) in [7, 11) is -24.6. The Hall–Kier alpha value is -5.18. The molecule has 2 aliphatic rings. The van der Waals surface area contributed by atoms with Crippen LogP contribution in [0, 0.1) is 0 Å². The van der Waals surface area contributed by atoms with Crippen molar-refractivity contribution in [3.05, 3.63) is 88.2 Å². The van der Waals surface area contributed by atoms with Crippen molar-refractivity contribution >= 4 is 96.3 Å². The largest absolute Gasteiger partial charge is 0.748 e. The van der Waals surface area contributed by atoms with Gasteiger partial charge in [0.05, 0.1) is 49.7 Å². The highest BCUT2D eigenvalue weighted by molar-refractivity contribution is 7.86. The van der Waals surface area contributed by atoms with Crippen LogP contribution in [-0.2, 0) is 77.3 Å². The summed E-state index contributed by atoms with van der Waals surface area (Å²) in [6.07, 6.45) is 9.31. The molecule has 0 aliphatic carbocycles. The Kier molecular flexibility index (Phi) is 23.1. The zero-order valence-electron chi connectivity index (χ0n) is 40.3. The van der Waals surface area contributed by atoms with Gasteiger partial charge >= 0.3 is 27.2 Å². The van der Waals surface area contributed by atoms with E-state index in [2.05, 4.69) is 0 Å². The summed E-state index contributed by atoms with van der Waals surface area (Å²) >= 11 is 0. The van der Waals surface area contributed by atoms with E-state index in [1.165, 1.54) is 4.90 Å². The van der Waals surface area contributed by atoms with Crippen LogP contribution in [0.2, 0.25) is 0 Å². The predicted molar refractivity (Wildman–Crippen MR) is 262 cm³/mol. The van der Waals surface area contributed by atoms with Crippen molar-refractivity contribution in [2.45, 2.75) is 102 Å². The topological polar surface area (TPSA) is 389 Å². The van der Waals surface area contributed by atoms with Gasteiger partial charge in [-0.15, -0.1) is 25.3 Å². The van der Waals surface area contributed by atoms with Crippen LogP contribution in [0.1, 0.15) is 129 Å². The summed E-state index contributed by atoms with van der Waals surface area (Å²) in [5.41, 5.74) is 0.862. The first-order valence-electron chi connectivity index (χ1n) is 21.8. The number of carbonyl (C=O) groups excluding carboxylic acids is 3. The lowest BCUT2D eigenvalue weighted by molar-refractivity contribution is -0.437. The second-order valence-corrected chi connectivity index (χ2v) is 24.2. The van der Waals surface area contributed by atoms with Crippen LogP contribution < -0.4 is 4.90 Å². The minimum absolute atomic E-state index is 0.0555. The van der Waals surface area contributed by atoms with E-state index < -0.39 is 107 Å². The molecule has 0 atom stereocenters. The van der Waals surface area contributed by atoms with Gasteiger partial charge in [0.15, 0.2) is 17.3 Å². The summed E-state index contributed by atoms with van der Waals surface area (Å²) in [6, 6.07) is 5.31. The highest BCUT2D eigenvalue weighted by Gasteiger charge is 2.48. The standard InChI is InChI=1S/C43H56N2O16S4.2O3S/c1-7-15-35(46)29-25-31(36(47)16-8-2)39-33(26-29)44(19-12-22-62(49,50)51)37(42(39,3)4)17-10-9-11-18-38-43(5,6)40-32(41(48)61-21-14-24-64(55,56)57)27-30(65(58,59)60)28-34(40)45(38)20-13-23-63(52,53)54;2*1-4(2)3/h9-11,17-18,25-28H,7-8,12-16,19-24H2,1-6H3,(H3-,49,50,51,52,53,54,55,56,57,58,59,60);;. The molecule has 0 saturated heterocycles. The van der Waals surface area contributed by atoms with E-state index in [1.807, 2.05) is 27.7 Å². The smallest absolute Gasteiger partial charge is 0.425 e. The molecular formula is C43H56N2O22S6. The van der Waals surface area contributed by atoms with E-state index >= 15 is 0 Å². The van der Waals surface area contributed by atoms with Gasteiger partial charge in [-0.3, -0.25) is 23.2 Å². The number of carbonyl (C=O) groups is 3. The van der Waals surface area contributed by atoms with Crippen molar-refractivity contribution < 1.29 is 101 Å². The van der Waals surface area contributed by atoms with Gasteiger partial charge < -0.3 is 14.2 Å². The van der Waals surface area contributed by atoms with E-state index in [4.69, 9.17) is 34.5 Å². The van der Waals surface area contributed by atoms with E-state index in [1.54, 1.807) is 60.9 Å². The van der Waals surface area contributed by atoms with Gasteiger partial charge in [0.1, 0.15) is 6.54 Å². The normalized spacial score (nSPS) is 15.6. The number of fused-ring (bicyclic) bond motifs is 2. The molecule has 0 unspecified atom stereocenters. The molecule has 2 aromatic carbocycles. The second kappa shape index (κ2) is 26.3. The first-order valence-corrected chi connectivity index (χ1v) is 30.1. The van der Waals surface area contributed by atoms with Gasteiger partial charge in [-0.05, 0) is 63.8 Å². The zero-order chi connectivity index (χ0) is 56.1. The molecule has 0 radical (unpaired) electrons. The first kappa shape index (κ1) is 63.9. The molecule has 0 bridgehead atoms. The van der Waals surface area contributed by atoms with Crippen molar-refractivity contribution in [2.24, 2.45) is 0 Å². The summed E-state index contributed by atoms with van der Waals surface area (Å²) in [5.74, 6) is -3.47. The SMILES string of the molecule is CCCC(=O)c1cc(C(=O)CCC)c2c(c1)[N+](CCCS(=O)(=O)[O-])=C(/C=C/C=C/C=C1/N(CCCS(=O)(=O)O)c3cc(S(=O)(=O)O)cc(C(=O)OCCCS(=O)(=O)O)c3C1(C)C)C2(C)C.O=S(=O)=O.O=S(=O)=O. The summed E-state index contributed by atoms with van der Waals surface area (Å²) in [5, 5.41) is 0. The molecule has 4 rings (SSSR count). The lowest BCUT2D eigenvalue weighted by Crippen LogP contribution is -2.29. The van der Waals surface area contributed by atoms with Crippen molar-refractivity contribution in [3.8, 4) is 0 Å². The number of hydrogen-bond acceptors (Lipinski definition) is 20. The molecule has 24 nitrogen and oxygen atoms in total. The van der Waals surface area contributed by atoms with Crippen molar-refractivity contribution in [1.29, 1.82) is 0 Å². The molecule has 2 aliphatic heterocycles. The van der Waals surface area contributed by atoms with Crippen LogP contribution in [0.5, 0.6) is 0 Å². The number of allylic oxidation sites excluding steroid dienone is 6. The number of ketones is 2. The fourth-order valence-corrected chi connectivity index (χ4v) is 10.3. The lowest BCUT2D eigenvalue weighted by Gasteiger charge is -2.27. The number of esters is 1. The molecule has 2 aromatic rings. The van der Waals surface area contributed by atoms with Crippen molar-refractivity contribution in [1.82, 2.24) is 0 Å². The van der Waals surface area contributed by atoms with Gasteiger partial charge in [-0.25, -0.2) is 13.2 Å². The summed E-state index contributed by atoms with van der Waals surface area (Å²) in [6.45, 7) is 10.3. The lowest BCUT2D eigenvalue weighted by atomic mass is 9.77. The fraction of sp³-hybridized carbons (Fsp3) is 0.488. The molecule has 3 N–H and O–H groups in total. The Bertz CT molecular complexity index is 3240. The number of hydrogen-bond donors (Lipinski definition) is 3. The third-order valence-electron chi connectivity index (χ3n) is 11.1. The third-order valence-corrected chi connectivity index (χ3v) is 14.3. The van der Waals surface area contributed by atoms with Gasteiger partial charge in [0, 0.05) is 77.2 Å². The average molecular weight is 1150 g/mol. The minimum Gasteiger partial charge on any atom is -0.748 e. The van der Waals surface area contributed by atoms with Gasteiger partial charge in [0.2, 0.25) is 5.69 Å². The maximum atomic E-state index is 13.7. The fourth-order valence-electron chi connectivity index (χ4n) is 8.31. The van der Waals surface area contributed by atoms with Crippen LogP contribution in [0.4, 0.5) is 11.4 Å². The maximum Gasteiger partial charge on any atom is 0.425 e. The minimum atomic E-state index is -4.96. The number of ether oxygens (including phenoxy) is 1. The van der Waals surface area contributed by atoms with Crippen LogP contribution in [0.3, 0.4) is 0 Å². The molecule has 406 valence electrons. The molecule has 0 saturated carbocycles. The van der Waals surface area contributed by atoms with E-state index in [0.717, 1.165) is 12.1 Å². The second-order valence-electron chi connectivity index (χ2n) is 17.3. The number of rotatable bonds is 23. The highest BCUT2D eigenvalue weighted by Crippen LogP contribution is 2.51. The molecule has 30 heteroatoms.